The van der Waals surface area contributed by atoms with Crippen LogP contribution >= 0.6 is 11.5 Å². The first-order valence-corrected chi connectivity index (χ1v) is 13.0. The molecule has 3 rings (SSSR count). The number of ether oxygens (including phenoxy) is 2. The molecule has 0 saturated carbocycles. The highest BCUT2D eigenvalue weighted by molar-refractivity contribution is 7.90. The van der Waals surface area contributed by atoms with E-state index in [4.69, 9.17) is 9.47 Å². The summed E-state index contributed by atoms with van der Waals surface area (Å²) in [5.41, 5.74) is 1.21. The van der Waals surface area contributed by atoms with E-state index >= 15 is 0 Å². The Hall–Kier alpha value is -4.08. The quantitative estimate of drug-likeness (QED) is 0.238. The van der Waals surface area contributed by atoms with E-state index in [2.05, 4.69) is 21.3 Å². The maximum Gasteiger partial charge on any atom is 0.268 e. The number of halogens is 1. The molecule has 0 radical (unpaired) electrons. The maximum absolute atomic E-state index is 14.0. The third kappa shape index (κ3) is 6.53. The van der Waals surface area contributed by atoms with Crippen molar-refractivity contribution in [3.8, 4) is 17.6 Å². The van der Waals surface area contributed by atoms with Gasteiger partial charge in [0.05, 0.1) is 7.11 Å². The van der Waals surface area contributed by atoms with Gasteiger partial charge in [-0.3, -0.25) is 10.1 Å². The number of nitriles is 1. The second-order valence-electron chi connectivity index (χ2n) is 7.36. The minimum Gasteiger partial charge on any atom is -0.493 e. The van der Waals surface area contributed by atoms with Gasteiger partial charge in [0.2, 0.25) is 15.0 Å². The fraction of sp³-hybridized carbons (Fsp3) is 0.167. The molecule has 0 aliphatic rings. The molecule has 0 bridgehead atoms. The van der Waals surface area contributed by atoms with Crippen LogP contribution in [0.4, 0.5) is 9.52 Å². The Kier molecular flexibility index (Phi) is 8.52. The first kappa shape index (κ1) is 26.5. The third-order valence-electron chi connectivity index (χ3n) is 4.70. The summed E-state index contributed by atoms with van der Waals surface area (Å²) in [6.07, 6.45) is 4.30. The summed E-state index contributed by atoms with van der Waals surface area (Å²) in [6, 6.07) is 11.3. The summed E-state index contributed by atoms with van der Waals surface area (Å²) in [5.74, 6) is -0.498. The number of nitrogens with zero attached hydrogens (tertiary/aromatic N) is 3. The molecule has 1 amide bonds. The molecule has 0 spiro atoms. The number of carbonyl (C=O) groups is 1. The van der Waals surface area contributed by atoms with Gasteiger partial charge in [0.25, 0.3) is 11.1 Å². The van der Waals surface area contributed by atoms with Gasteiger partial charge in [0.15, 0.2) is 11.5 Å². The van der Waals surface area contributed by atoms with Crippen LogP contribution in [0.25, 0.3) is 6.08 Å². The molecular formula is C24H21FN4O5S2. The topological polar surface area (TPSA) is 131 Å². The number of anilines is 1. The van der Waals surface area contributed by atoms with Crippen LogP contribution in [0.2, 0.25) is 0 Å². The molecule has 0 aliphatic carbocycles. The molecule has 0 fully saturated rings. The average Bonchev–Trinajstić information content (AvgIpc) is 3.31. The summed E-state index contributed by atoms with van der Waals surface area (Å²) in [5, 5.41) is 11.4. The maximum atomic E-state index is 14.0. The fourth-order valence-corrected chi connectivity index (χ4v) is 4.49. The van der Waals surface area contributed by atoms with E-state index in [1.54, 1.807) is 36.4 Å². The van der Waals surface area contributed by atoms with Gasteiger partial charge in [-0.25, -0.2) is 12.8 Å². The second kappa shape index (κ2) is 11.6. The molecule has 1 aromatic heterocycles. The van der Waals surface area contributed by atoms with Gasteiger partial charge in [-0.05, 0) is 36.3 Å². The second-order valence-corrected chi connectivity index (χ2v) is 10.0. The molecule has 186 valence electrons. The van der Waals surface area contributed by atoms with E-state index in [9.17, 15) is 22.9 Å². The van der Waals surface area contributed by atoms with Crippen molar-refractivity contribution in [3.05, 3.63) is 77.1 Å². The predicted octanol–water partition coefficient (Wildman–Crippen LogP) is 3.94. The number of nitrogens with one attached hydrogen (secondary N) is 1. The lowest BCUT2D eigenvalue weighted by molar-refractivity contribution is -0.112. The minimum atomic E-state index is -3.64. The molecule has 36 heavy (non-hydrogen) atoms. The molecular weight excluding hydrogens is 507 g/mol. The van der Waals surface area contributed by atoms with Gasteiger partial charge in [0.1, 0.15) is 24.1 Å². The summed E-state index contributed by atoms with van der Waals surface area (Å²) in [4.78, 5) is 16.4. The Morgan fingerprint density at radius 2 is 2.06 bits per heavy atom. The van der Waals surface area contributed by atoms with Gasteiger partial charge in [-0.2, -0.15) is 14.6 Å². The average molecular weight is 529 g/mol. The van der Waals surface area contributed by atoms with Crippen molar-refractivity contribution in [3.63, 3.8) is 0 Å². The number of sulfone groups is 1. The Morgan fingerprint density at radius 1 is 1.31 bits per heavy atom. The SMILES string of the molecule is C=CCc1cc(C=C(C#N)C(=O)Nc2nc(S(C)(=O)=O)ns2)cc(OC)c1OCc1ccccc1F. The van der Waals surface area contributed by atoms with Crippen LogP contribution in [-0.2, 0) is 27.7 Å². The summed E-state index contributed by atoms with van der Waals surface area (Å²) in [7, 11) is -2.20. The van der Waals surface area contributed by atoms with E-state index in [0.29, 0.717) is 46.1 Å². The number of benzene rings is 2. The number of hydrogen-bond donors (Lipinski definition) is 1. The zero-order valence-corrected chi connectivity index (χ0v) is 21.0. The number of aromatic nitrogens is 2. The smallest absolute Gasteiger partial charge is 0.268 e. The number of allylic oxidation sites excluding steroid dienone is 1. The van der Waals surface area contributed by atoms with Crippen molar-refractivity contribution < 1.29 is 27.1 Å². The molecule has 2 aromatic carbocycles. The van der Waals surface area contributed by atoms with Crippen molar-refractivity contribution >= 4 is 38.5 Å². The highest BCUT2D eigenvalue weighted by Crippen LogP contribution is 2.35. The third-order valence-corrected chi connectivity index (χ3v) is 6.30. The fourth-order valence-electron chi connectivity index (χ4n) is 3.05. The molecule has 0 unspecified atom stereocenters. The molecule has 12 heteroatoms. The van der Waals surface area contributed by atoms with Crippen molar-refractivity contribution in [2.45, 2.75) is 18.2 Å². The molecule has 1 N–H and O–H groups in total. The normalized spacial score (nSPS) is 11.4. The zero-order valence-electron chi connectivity index (χ0n) is 19.3. The number of rotatable bonds is 10. The highest BCUT2D eigenvalue weighted by atomic mass is 32.2. The molecule has 0 atom stereocenters. The summed E-state index contributed by atoms with van der Waals surface area (Å²) < 4.78 is 52.1. The number of carbonyl (C=O) groups excluding carboxylic acids is 1. The molecule has 1 heterocycles. The van der Waals surface area contributed by atoms with Crippen LogP contribution in [0, 0.1) is 17.1 Å². The van der Waals surface area contributed by atoms with Crippen molar-refractivity contribution in [2.75, 3.05) is 18.7 Å². The van der Waals surface area contributed by atoms with Crippen LogP contribution < -0.4 is 14.8 Å². The standard InChI is InChI=1S/C24H21FN4O5S2/c1-4-7-16-10-15(12-20(33-2)21(16)34-14-17-8-5-6-9-19(17)25)11-18(13-26)22(30)27-23-28-24(29-35-23)36(3,31)32/h4-6,8-12H,1,7,14H2,2-3H3,(H,27,28,29,30). The van der Waals surface area contributed by atoms with Crippen LogP contribution in [0.15, 0.2) is 59.8 Å². The van der Waals surface area contributed by atoms with E-state index in [1.807, 2.05) is 6.07 Å². The van der Waals surface area contributed by atoms with Gasteiger partial charge < -0.3 is 9.47 Å². The first-order valence-electron chi connectivity index (χ1n) is 10.3. The Morgan fingerprint density at radius 3 is 2.67 bits per heavy atom. The largest absolute Gasteiger partial charge is 0.493 e. The van der Waals surface area contributed by atoms with E-state index in [0.717, 1.165) is 6.26 Å². The van der Waals surface area contributed by atoms with Gasteiger partial charge in [-0.1, -0.05) is 24.3 Å². The Labute approximate surface area is 211 Å². The lowest BCUT2D eigenvalue weighted by Crippen LogP contribution is -2.13. The van der Waals surface area contributed by atoms with Gasteiger partial charge in [-0.15, -0.1) is 6.58 Å². The summed E-state index contributed by atoms with van der Waals surface area (Å²) in [6.45, 7) is 3.71. The molecule has 3 aromatic rings. The van der Waals surface area contributed by atoms with Gasteiger partial charge >= 0.3 is 0 Å². The lowest BCUT2D eigenvalue weighted by atomic mass is 10.0. The molecule has 0 saturated heterocycles. The van der Waals surface area contributed by atoms with E-state index in [1.165, 1.54) is 19.3 Å². The van der Waals surface area contributed by atoms with Crippen molar-refractivity contribution in [1.82, 2.24) is 9.36 Å². The molecule has 0 aliphatic heterocycles. The van der Waals surface area contributed by atoms with Crippen LogP contribution in [0.3, 0.4) is 0 Å². The van der Waals surface area contributed by atoms with Gasteiger partial charge in [0, 0.05) is 28.9 Å². The van der Waals surface area contributed by atoms with Crippen molar-refractivity contribution in [2.24, 2.45) is 0 Å². The zero-order chi connectivity index (χ0) is 26.3. The minimum absolute atomic E-state index is 0.0362. The van der Waals surface area contributed by atoms with Crippen LogP contribution in [0.5, 0.6) is 11.5 Å². The first-order chi connectivity index (χ1) is 17.2. The van der Waals surface area contributed by atoms with Crippen molar-refractivity contribution in [1.29, 1.82) is 5.26 Å². The number of methoxy groups -OCH3 is 1. The summed E-state index contributed by atoms with van der Waals surface area (Å²) >= 11 is 0.677. The van der Waals surface area contributed by atoms with Crippen LogP contribution in [-0.4, -0.2) is 37.0 Å². The Balaban J connectivity index is 1.90. The predicted molar refractivity (Wildman–Crippen MR) is 133 cm³/mol. The molecule has 9 nitrogen and oxygen atoms in total. The van der Waals surface area contributed by atoms with E-state index < -0.39 is 26.7 Å². The Bertz CT molecular complexity index is 1480. The van der Waals surface area contributed by atoms with Crippen LogP contribution in [0.1, 0.15) is 16.7 Å². The highest BCUT2D eigenvalue weighted by Gasteiger charge is 2.19. The number of amides is 1. The van der Waals surface area contributed by atoms with E-state index in [-0.39, 0.29) is 17.3 Å². The lowest BCUT2D eigenvalue weighted by Gasteiger charge is -2.16. The number of hydrogen-bond acceptors (Lipinski definition) is 9. The monoisotopic (exact) mass is 528 g/mol.